The summed E-state index contributed by atoms with van der Waals surface area (Å²) >= 11 is 6.36. The first-order chi connectivity index (χ1) is 15.7. The number of hydrogen-bond acceptors (Lipinski definition) is 5. The Hall–Kier alpha value is -3.41. The summed E-state index contributed by atoms with van der Waals surface area (Å²) in [6.45, 7) is -1.24. The van der Waals surface area contributed by atoms with Crippen LogP contribution in [0.1, 0.15) is 6.42 Å². The van der Waals surface area contributed by atoms with Crippen LogP contribution in [0.15, 0.2) is 24.8 Å². The average molecular weight is 480 g/mol. The Morgan fingerprint density at radius 2 is 2.03 bits per heavy atom. The highest BCUT2D eigenvalue weighted by atomic mass is 35.5. The third-order valence-electron chi connectivity index (χ3n) is 5.82. The Labute approximate surface area is 187 Å². The second-order valence-corrected chi connectivity index (χ2v) is 8.61. The van der Waals surface area contributed by atoms with Crippen LogP contribution in [0, 0.1) is 11.7 Å². The predicted octanol–water partition coefficient (Wildman–Crippen LogP) is 3.82. The Morgan fingerprint density at radius 3 is 2.73 bits per heavy atom. The van der Waals surface area contributed by atoms with E-state index >= 15 is 4.39 Å². The number of aromatic amines is 1. The molecule has 2 aliphatic rings. The van der Waals surface area contributed by atoms with Gasteiger partial charge in [0.05, 0.1) is 53.8 Å². The van der Waals surface area contributed by atoms with Crippen LogP contribution in [0.25, 0.3) is 27.8 Å². The first kappa shape index (κ1) is 20.2. The van der Waals surface area contributed by atoms with E-state index in [1.54, 1.807) is 4.40 Å². The Morgan fingerprint density at radius 1 is 1.27 bits per heavy atom. The summed E-state index contributed by atoms with van der Waals surface area (Å²) in [5.41, 5.74) is 1.06. The molecule has 0 radical (unpaired) electrons. The fourth-order valence-electron chi connectivity index (χ4n) is 4.06. The van der Waals surface area contributed by atoms with Crippen molar-refractivity contribution in [1.29, 1.82) is 0 Å². The number of nitrogens with one attached hydrogen (secondary N) is 2. The highest BCUT2D eigenvalue weighted by Gasteiger charge is 2.46. The van der Waals surface area contributed by atoms with Gasteiger partial charge >= 0.3 is 0 Å². The van der Waals surface area contributed by atoms with Crippen LogP contribution >= 0.6 is 11.6 Å². The molecule has 170 valence electrons. The SMILES string of the molecule is O=C(Nc1cn2cc(-c3c(Cl)c(F)c(N4CC(F)(F)C4)c4[nH]ncc34)ncc2n1)[C@@H]1C[C@@H]1F. The van der Waals surface area contributed by atoms with Crippen LogP contribution in [0.2, 0.25) is 5.02 Å². The van der Waals surface area contributed by atoms with E-state index in [4.69, 9.17) is 11.6 Å². The smallest absolute Gasteiger partial charge is 0.282 e. The van der Waals surface area contributed by atoms with Crippen LogP contribution in [0.3, 0.4) is 0 Å². The van der Waals surface area contributed by atoms with Gasteiger partial charge in [0, 0.05) is 17.1 Å². The first-order valence-corrected chi connectivity index (χ1v) is 10.4. The number of halogens is 5. The summed E-state index contributed by atoms with van der Waals surface area (Å²) in [6.07, 6.45) is 4.95. The lowest BCUT2D eigenvalue weighted by atomic mass is 10.0. The number of imidazole rings is 1. The summed E-state index contributed by atoms with van der Waals surface area (Å²) in [5, 5.41) is 9.30. The molecule has 13 heteroatoms. The molecule has 2 fully saturated rings. The van der Waals surface area contributed by atoms with Crippen LogP contribution < -0.4 is 10.2 Å². The summed E-state index contributed by atoms with van der Waals surface area (Å²) in [4.78, 5) is 21.7. The lowest BCUT2D eigenvalue weighted by molar-refractivity contribution is -0.117. The third-order valence-corrected chi connectivity index (χ3v) is 6.18. The van der Waals surface area contributed by atoms with E-state index in [2.05, 4.69) is 25.5 Å². The monoisotopic (exact) mass is 479 g/mol. The maximum Gasteiger partial charge on any atom is 0.282 e. The van der Waals surface area contributed by atoms with Crippen molar-refractivity contribution in [1.82, 2.24) is 24.6 Å². The van der Waals surface area contributed by atoms with Gasteiger partial charge in [-0.25, -0.2) is 22.5 Å². The fourth-order valence-corrected chi connectivity index (χ4v) is 4.35. The number of anilines is 2. The van der Waals surface area contributed by atoms with E-state index in [1.807, 2.05) is 0 Å². The molecule has 1 aromatic carbocycles. The van der Waals surface area contributed by atoms with Gasteiger partial charge < -0.3 is 14.6 Å². The van der Waals surface area contributed by atoms with Gasteiger partial charge in [0.15, 0.2) is 17.3 Å². The molecule has 6 rings (SSSR count). The quantitative estimate of drug-likeness (QED) is 0.434. The minimum atomic E-state index is -2.89. The lowest BCUT2D eigenvalue weighted by Crippen LogP contribution is -2.56. The van der Waals surface area contributed by atoms with Gasteiger partial charge in [-0.2, -0.15) is 5.10 Å². The molecule has 2 N–H and O–H groups in total. The number of amides is 1. The van der Waals surface area contributed by atoms with Crippen LogP contribution in [-0.2, 0) is 4.79 Å². The summed E-state index contributed by atoms with van der Waals surface area (Å²) in [6, 6.07) is 0. The molecule has 0 spiro atoms. The molecular formula is C20H14ClF4N7O. The van der Waals surface area contributed by atoms with Gasteiger partial charge in [-0.1, -0.05) is 11.6 Å². The molecule has 2 atom stereocenters. The molecule has 1 aliphatic carbocycles. The molecule has 1 amide bonds. The number of benzene rings is 1. The van der Waals surface area contributed by atoms with Gasteiger partial charge in [0.2, 0.25) is 5.91 Å². The molecule has 4 aromatic rings. The molecule has 0 bridgehead atoms. The van der Waals surface area contributed by atoms with Gasteiger partial charge in [-0.15, -0.1) is 0 Å². The number of nitrogens with zero attached hydrogens (tertiary/aromatic N) is 5. The van der Waals surface area contributed by atoms with Crippen molar-refractivity contribution < 1.29 is 22.4 Å². The highest BCUT2D eigenvalue weighted by molar-refractivity contribution is 6.36. The Kier molecular flexibility index (Phi) is 4.16. The molecule has 8 nitrogen and oxygen atoms in total. The highest BCUT2D eigenvalue weighted by Crippen LogP contribution is 2.45. The Bertz CT molecular complexity index is 1440. The fraction of sp³-hybridized carbons (Fsp3) is 0.300. The van der Waals surface area contributed by atoms with E-state index in [0.717, 1.165) is 0 Å². The number of carbonyl (C=O) groups is 1. The van der Waals surface area contributed by atoms with E-state index in [9.17, 15) is 18.0 Å². The lowest BCUT2D eigenvalue weighted by Gasteiger charge is -2.40. The average Bonchev–Trinajstić information content (AvgIpc) is 3.11. The first-order valence-electron chi connectivity index (χ1n) is 9.99. The minimum absolute atomic E-state index is 0.0675. The van der Waals surface area contributed by atoms with Crippen molar-refractivity contribution in [3.63, 3.8) is 0 Å². The summed E-state index contributed by atoms with van der Waals surface area (Å²) < 4.78 is 56.7. The van der Waals surface area contributed by atoms with Crippen molar-refractivity contribution in [3.8, 4) is 11.3 Å². The van der Waals surface area contributed by atoms with Crippen LogP contribution in [0.5, 0.6) is 0 Å². The zero-order valence-electron chi connectivity index (χ0n) is 16.6. The normalized spacial score (nSPS) is 21.4. The van der Waals surface area contributed by atoms with E-state index in [-0.39, 0.29) is 39.7 Å². The van der Waals surface area contributed by atoms with E-state index in [0.29, 0.717) is 11.0 Å². The summed E-state index contributed by atoms with van der Waals surface area (Å²) in [5.74, 6) is -4.64. The second kappa shape index (κ2) is 6.80. The van der Waals surface area contributed by atoms with Crippen molar-refractivity contribution in [2.75, 3.05) is 23.3 Å². The molecule has 1 saturated heterocycles. The third kappa shape index (κ3) is 3.19. The van der Waals surface area contributed by atoms with Gasteiger partial charge in [-0.3, -0.25) is 14.9 Å². The maximum absolute atomic E-state index is 15.3. The topological polar surface area (TPSA) is 91.2 Å². The number of rotatable bonds is 4. The Balaban J connectivity index is 1.40. The molecule has 4 heterocycles. The molecule has 1 saturated carbocycles. The molecule has 1 aliphatic heterocycles. The number of fused-ring (bicyclic) bond motifs is 2. The number of H-pyrrole nitrogens is 1. The second-order valence-electron chi connectivity index (χ2n) is 8.23. The number of aromatic nitrogens is 5. The maximum atomic E-state index is 15.3. The van der Waals surface area contributed by atoms with Crippen molar-refractivity contribution in [2.45, 2.75) is 18.5 Å². The number of hydrogen-bond donors (Lipinski definition) is 2. The molecule has 3 aromatic heterocycles. The van der Waals surface area contributed by atoms with Gasteiger partial charge in [0.1, 0.15) is 11.9 Å². The van der Waals surface area contributed by atoms with Crippen molar-refractivity contribution >= 4 is 45.6 Å². The molecule has 0 unspecified atom stereocenters. The molecular weight excluding hydrogens is 466 g/mol. The number of carbonyl (C=O) groups excluding carboxylic acids is 1. The number of alkyl halides is 3. The molecule has 33 heavy (non-hydrogen) atoms. The van der Waals surface area contributed by atoms with Gasteiger partial charge in [-0.05, 0) is 6.42 Å². The van der Waals surface area contributed by atoms with Gasteiger partial charge in [0.25, 0.3) is 5.92 Å². The van der Waals surface area contributed by atoms with Crippen LogP contribution in [-0.4, -0.2) is 55.7 Å². The van der Waals surface area contributed by atoms with E-state index < -0.39 is 42.8 Å². The van der Waals surface area contributed by atoms with Crippen molar-refractivity contribution in [2.24, 2.45) is 5.92 Å². The minimum Gasteiger partial charge on any atom is -0.355 e. The van der Waals surface area contributed by atoms with E-state index in [1.165, 1.54) is 29.7 Å². The largest absolute Gasteiger partial charge is 0.355 e. The standard InChI is InChI=1S/C20H14ClF4N7O/c21-15-14(9-2-27-30-17(9)18(16(15)23)32-6-20(24,25)7-32)11-4-31-5-12(28-13(31)3-26-11)29-19(33)8-1-10(8)22/h2-5,8,10H,1,6-7H2,(H,27,30)(H,29,33)/t8-,10+/m1/s1. The summed E-state index contributed by atoms with van der Waals surface area (Å²) in [7, 11) is 0. The predicted molar refractivity (Wildman–Crippen MR) is 112 cm³/mol. The zero-order valence-corrected chi connectivity index (χ0v) is 17.4. The van der Waals surface area contributed by atoms with Crippen molar-refractivity contribution in [3.05, 3.63) is 35.6 Å². The zero-order chi connectivity index (χ0) is 23.1. The van der Waals surface area contributed by atoms with Crippen LogP contribution in [0.4, 0.5) is 29.1 Å².